The fraction of sp³-hybridized carbons (Fsp3) is 0.143. The molecule has 0 amide bonds. The maximum absolute atomic E-state index is 11.9. The number of allylic oxidation sites excluding steroid dienone is 1. The Balaban J connectivity index is 2.22. The molecule has 98 valence electrons. The van der Waals surface area contributed by atoms with Gasteiger partial charge in [-0.1, -0.05) is 23.7 Å². The van der Waals surface area contributed by atoms with E-state index < -0.39 is 0 Å². The van der Waals surface area contributed by atoms with Crippen molar-refractivity contribution in [3.8, 4) is 10.6 Å². The van der Waals surface area contributed by atoms with Crippen molar-refractivity contribution in [1.82, 2.24) is 9.88 Å². The molecular weight excluding hydrogens is 280 g/mol. The molecule has 0 fully saturated rings. The van der Waals surface area contributed by atoms with Gasteiger partial charge in [0.25, 0.3) is 0 Å². The summed E-state index contributed by atoms with van der Waals surface area (Å²) in [7, 11) is 3.74. The molecule has 3 nitrogen and oxygen atoms in total. The van der Waals surface area contributed by atoms with E-state index in [1.54, 1.807) is 12.4 Å². The van der Waals surface area contributed by atoms with Crippen molar-refractivity contribution in [3.63, 3.8) is 0 Å². The number of ketones is 1. The highest BCUT2D eigenvalue weighted by atomic mass is 35.5. The topological polar surface area (TPSA) is 33.2 Å². The van der Waals surface area contributed by atoms with Gasteiger partial charge >= 0.3 is 0 Å². The number of carbonyl (C=O) groups excluding carboxylic acids is 1. The monoisotopic (exact) mass is 292 g/mol. The Morgan fingerprint density at radius 3 is 2.89 bits per heavy atom. The second-order valence-electron chi connectivity index (χ2n) is 4.18. The Morgan fingerprint density at radius 2 is 2.21 bits per heavy atom. The molecule has 1 aromatic carbocycles. The molecule has 0 unspecified atom stereocenters. The lowest BCUT2D eigenvalue weighted by atomic mass is 10.2. The van der Waals surface area contributed by atoms with Gasteiger partial charge in [-0.15, -0.1) is 11.3 Å². The van der Waals surface area contributed by atoms with Crippen molar-refractivity contribution < 1.29 is 4.79 Å². The zero-order chi connectivity index (χ0) is 13.8. The number of halogens is 1. The summed E-state index contributed by atoms with van der Waals surface area (Å²) in [5, 5.41) is 1.46. The van der Waals surface area contributed by atoms with Crippen molar-refractivity contribution in [2.75, 3.05) is 14.1 Å². The largest absolute Gasteiger partial charge is 0.383 e. The molecule has 0 aliphatic rings. The third-order valence-electron chi connectivity index (χ3n) is 2.34. The van der Waals surface area contributed by atoms with Crippen LogP contribution in [-0.2, 0) is 0 Å². The van der Waals surface area contributed by atoms with Crippen LogP contribution in [0.25, 0.3) is 10.6 Å². The lowest BCUT2D eigenvalue weighted by molar-refractivity contribution is 0.104. The second-order valence-corrected chi connectivity index (χ2v) is 5.65. The minimum absolute atomic E-state index is 0.0421. The number of hydrogen-bond acceptors (Lipinski definition) is 4. The average Bonchev–Trinajstić information content (AvgIpc) is 2.85. The summed E-state index contributed by atoms with van der Waals surface area (Å²) in [6, 6.07) is 7.44. The fourth-order valence-electron chi connectivity index (χ4n) is 1.44. The molecule has 0 atom stereocenters. The highest BCUT2D eigenvalue weighted by molar-refractivity contribution is 7.17. The molecule has 0 saturated heterocycles. The van der Waals surface area contributed by atoms with Crippen LogP contribution in [0.2, 0.25) is 5.02 Å². The van der Waals surface area contributed by atoms with Gasteiger partial charge in [0.2, 0.25) is 0 Å². The summed E-state index contributed by atoms with van der Waals surface area (Å²) in [5.74, 6) is -0.0421. The first-order valence-electron chi connectivity index (χ1n) is 5.67. The SMILES string of the molecule is CN(C)/C=C/C(=O)c1cnc(-c2cccc(Cl)c2)s1. The van der Waals surface area contributed by atoms with E-state index in [2.05, 4.69) is 4.98 Å². The van der Waals surface area contributed by atoms with Crippen molar-refractivity contribution in [3.05, 3.63) is 52.6 Å². The summed E-state index contributed by atoms with van der Waals surface area (Å²) >= 11 is 7.31. The maximum atomic E-state index is 11.9. The molecule has 5 heteroatoms. The number of carbonyl (C=O) groups is 1. The van der Waals surface area contributed by atoms with E-state index in [9.17, 15) is 4.79 Å². The molecular formula is C14H13ClN2OS. The summed E-state index contributed by atoms with van der Waals surface area (Å²) < 4.78 is 0. The molecule has 0 bridgehead atoms. The molecule has 0 saturated carbocycles. The van der Waals surface area contributed by atoms with Crippen molar-refractivity contribution in [2.24, 2.45) is 0 Å². The minimum Gasteiger partial charge on any atom is -0.383 e. The highest BCUT2D eigenvalue weighted by Crippen LogP contribution is 2.27. The Bertz CT molecular complexity index is 619. The van der Waals surface area contributed by atoms with Crippen molar-refractivity contribution >= 4 is 28.7 Å². The van der Waals surface area contributed by atoms with Crippen LogP contribution >= 0.6 is 22.9 Å². The smallest absolute Gasteiger partial charge is 0.198 e. The number of aromatic nitrogens is 1. The molecule has 0 N–H and O–H groups in total. The summed E-state index contributed by atoms with van der Waals surface area (Å²) in [6.45, 7) is 0. The number of thiazole rings is 1. The van der Waals surface area contributed by atoms with Gasteiger partial charge in [0, 0.05) is 43.2 Å². The predicted molar refractivity (Wildman–Crippen MR) is 79.7 cm³/mol. The van der Waals surface area contributed by atoms with Crippen LogP contribution in [0.15, 0.2) is 42.7 Å². The standard InChI is InChI=1S/C14H13ClN2OS/c1-17(2)7-6-12(18)13-9-16-14(19-13)10-4-3-5-11(15)8-10/h3-9H,1-2H3/b7-6+. The predicted octanol–water partition coefficient (Wildman–Crippen LogP) is 3.72. The van der Waals surface area contributed by atoms with E-state index in [0.717, 1.165) is 10.6 Å². The quantitative estimate of drug-likeness (QED) is 0.636. The molecule has 19 heavy (non-hydrogen) atoms. The van der Waals surface area contributed by atoms with Gasteiger partial charge in [-0.05, 0) is 12.1 Å². The van der Waals surface area contributed by atoms with E-state index in [0.29, 0.717) is 9.90 Å². The zero-order valence-corrected chi connectivity index (χ0v) is 12.2. The zero-order valence-electron chi connectivity index (χ0n) is 10.6. The van der Waals surface area contributed by atoms with E-state index in [-0.39, 0.29) is 5.78 Å². The Labute approximate surface area is 121 Å². The second kappa shape index (κ2) is 5.99. The lowest BCUT2D eigenvalue weighted by Crippen LogP contribution is -2.02. The van der Waals surface area contributed by atoms with Crippen LogP contribution < -0.4 is 0 Å². The lowest BCUT2D eigenvalue weighted by Gasteiger charge is -2.01. The molecule has 1 heterocycles. The van der Waals surface area contributed by atoms with Gasteiger partial charge in [-0.3, -0.25) is 4.79 Å². The highest BCUT2D eigenvalue weighted by Gasteiger charge is 2.09. The first-order valence-corrected chi connectivity index (χ1v) is 6.86. The summed E-state index contributed by atoms with van der Waals surface area (Å²) in [5.41, 5.74) is 0.924. The number of rotatable bonds is 4. The first-order chi connectivity index (χ1) is 9.06. The molecule has 0 aliphatic carbocycles. The molecule has 0 spiro atoms. The normalized spacial score (nSPS) is 10.9. The van der Waals surface area contributed by atoms with Crippen LogP contribution in [-0.4, -0.2) is 29.8 Å². The molecule has 2 aromatic rings. The van der Waals surface area contributed by atoms with E-state index in [1.807, 2.05) is 43.3 Å². The molecule has 1 aromatic heterocycles. The van der Waals surface area contributed by atoms with Crippen LogP contribution in [0.5, 0.6) is 0 Å². The Hall–Kier alpha value is -1.65. The van der Waals surface area contributed by atoms with Crippen LogP contribution in [0, 0.1) is 0 Å². The number of benzene rings is 1. The van der Waals surface area contributed by atoms with E-state index in [1.165, 1.54) is 17.4 Å². The van der Waals surface area contributed by atoms with Gasteiger partial charge in [-0.25, -0.2) is 4.98 Å². The fourth-order valence-corrected chi connectivity index (χ4v) is 2.46. The number of nitrogens with zero attached hydrogens (tertiary/aromatic N) is 2. The number of hydrogen-bond donors (Lipinski definition) is 0. The molecule has 0 aliphatic heterocycles. The summed E-state index contributed by atoms with van der Waals surface area (Å²) in [4.78, 5) is 18.6. The average molecular weight is 293 g/mol. The van der Waals surface area contributed by atoms with Gasteiger partial charge in [0.15, 0.2) is 5.78 Å². The summed E-state index contributed by atoms with van der Waals surface area (Å²) in [6.07, 6.45) is 4.86. The Morgan fingerprint density at radius 1 is 1.42 bits per heavy atom. The first kappa shape index (κ1) is 13.8. The van der Waals surface area contributed by atoms with Gasteiger partial charge in [-0.2, -0.15) is 0 Å². The van der Waals surface area contributed by atoms with Crippen LogP contribution in [0.1, 0.15) is 9.67 Å². The molecule has 2 rings (SSSR count). The van der Waals surface area contributed by atoms with Gasteiger partial charge in [0.05, 0.1) is 4.88 Å². The maximum Gasteiger partial charge on any atom is 0.198 e. The minimum atomic E-state index is -0.0421. The van der Waals surface area contributed by atoms with Crippen LogP contribution in [0.4, 0.5) is 0 Å². The van der Waals surface area contributed by atoms with Crippen molar-refractivity contribution in [2.45, 2.75) is 0 Å². The molecule has 0 radical (unpaired) electrons. The van der Waals surface area contributed by atoms with E-state index >= 15 is 0 Å². The van der Waals surface area contributed by atoms with Crippen LogP contribution in [0.3, 0.4) is 0 Å². The third kappa shape index (κ3) is 3.66. The van der Waals surface area contributed by atoms with E-state index in [4.69, 9.17) is 11.6 Å². The van der Waals surface area contributed by atoms with Crippen molar-refractivity contribution in [1.29, 1.82) is 0 Å². The van der Waals surface area contributed by atoms with Gasteiger partial charge < -0.3 is 4.90 Å². The third-order valence-corrected chi connectivity index (χ3v) is 3.64. The Kier molecular flexibility index (Phi) is 4.35. The van der Waals surface area contributed by atoms with Gasteiger partial charge in [0.1, 0.15) is 5.01 Å².